The number of hydrogen-bond acceptors (Lipinski definition) is 5. The molecular weight excluding hydrogens is 363 g/mol. The van der Waals surface area contributed by atoms with E-state index >= 15 is 0 Å². The number of nitro benzene ring substituents is 1. The maximum Gasteiger partial charge on any atom is 0.511 e. The third-order valence-electron chi connectivity index (χ3n) is 4.22. The van der Waals surface area contributed by atoms with Gasteiger partial charge < -0.3 is 5.32 Å². The smallest absolute Gasteiger partial charge is 0.379 e. The number of para-hydroxylation sites is 1. The topological polar surface area (TPSA) is 92.6 Å². The number of piperidine rings is 1. The van der Waals surface area contributed by atoms with Gasteiger partial charge in [0.15, 0.2) is 0 Å². The van der Waals surface area contributed by atoms with Crippen LogP contribution in [0.4, 0.5) is 24.5 Å². The highest BCUT2D eigenvalue weighted by Crippen LogP contribution is 2.31. The number of benzene rings is 1. The Kier molecular flexibility index (Phi) is 5.57. The molecule has 0 atom stereocenters. The molecule has 140 valence electrons. The Balaban J connectivity index is 1.97. The Labute approximate surface area is 143 Å². The fourth-order valence-electron chi connectivity index (χ4n) is 2.78. The van der Waals surface area contributed by atoms with Crippen molar-refractivity contribution >= 4 is 21.4 Å². The van der Waals surface area contributed by atoms with Crippen LogP contribution >= 0.6 is 0 Å². The second kappa shape index (κ2) is 7.16. The Morgan fingerprint density at radius 3 is 2.44 bits per heavy atom. The Morgan fingerprint density at radius 2 is 1.92 bits per heavy atom. The average molecular weight is 381 g/mol. The summed E-state index contributed by atoms with van der Waals surface area (Å²) in [6, 6.07) is 4.65. The Morgan fingerprint density at radius 1 is 1.32 bits per heavy atom. The van der Waals surface area contributed by atoms with Crippen molar-refractivity contribution in [3.63, 3.8) is 0 Å². The first-order valence-electron chi connectivity index (χ1n) is 7.58. The van der Waals surface area contributed by atoms with Gasteiger partial charge in [-0.1, -0.05) is 12.1 Å². The molecule has 0 aromatic heterocycles. The quantitative estimate of drug-likeness (QED) is 0.625. The molecule has 1 aromatic rings. The fourth-order valence-corrected chi connectivity index (χ4v) is 3.77. The normalized spacial score (nSPS) is 17.4. The molecule has 0 unspecified atom stereocenters. The highest BCUT2D eigenvalue weighted by Gasteiger charge is 2.50. The van der Waals surface area contributed by atoms with Gasteiger partial charge >= 0.3 is 15.5 Å². The van der Waals surface area contributed by atoms with E-state index in [0.717, 1.165) is 0 Å². The van der Waals surface area contributed by atoms with Crippen LogP contribution in [-0.2, 0) is 10.0 Å². The minimum Gasteiger partial charge on any atom is -0.379 e. The number of nitro groups is 1. The second-order valence-corrected chi connectivity index (χ2v) is 7.83. The summed E-state index contributed by atoms with van der Waals surface area (Å²) < 4.78 is 60.8. The number of nitrogens with zero attached hydrogens (tertiary/aromatic N) is 2. The summed E-state index contributed by atoms with van der Waals surface area (Å²) in [5.74, 6) is -0.0705. The highest BCUT2D eigenvalue weighted by atomic mass is 32.2. The first-order valence-corrected chi connectivity index (χ1v) is 9.02. The standard InChI is InChI=1S/C14H18F3N3O4S/c1-10-3-2-4-12(20(21)22)13(10)18-9-11-5-7-19(8-6-11)25(23,24)14(15,16)17/h2-4,11,18H,5-9H2,1H3. The first-order chi connectivity index (χ1) is 11.5. The van der Waals surface area contributed by atoms with Crippen LogP contribution in [0.2, 0.25) is 0 Å². The van der Waals surface area contributed by atoms with Crippen molar-refractivity contribution in [3.05, 3.63) is 33.9 Å². The number of alkyl halides is 3. The van der Waals surface area contributed by atoms with Crippen LogP contribution in [0.3, 0.4) is 0 Å². The number of rotatable bonds is 5. The van der Waals surface area contributed by atoms with Crippen molar-refractivity contribution in [3.8, 4) is 0 Å². The van der Waals surface area contributed by atoms with Gasteiger partial charge in [-0.3, -0.25) is 10.1 Å². The van der Waals surface area contributed by atoms with E-state index in [1.165, 1.54) is 6.07 Å². The molecule has 1 aliphatic rings. The number of anilines is 1. The number of aryl methyl sites for hydroxylation is 1. The van der Waals surface area contributed by atoms with E-state index in [1.54, 1.807) is 19.1 Å². The average Bonchev–Trinajstić information content (AvgIpc) is 2.52. The number of hydrogen-bond donors (Lipinski definition) is 1. The molecular formula is C14H18F3N3O4S. The van der Waals surface area contributed by atoms with E-state index < -0.39 is 20.5 Å². The maximum absolute atomic E-state index is 12.5. The molecule has 0 amide bonds. The van der Waals surface area contributed by atoms with E-state index in [1.807, 2.05) is 0 Å². The summed E-state index contributed by atoms with van der Waals surface area (Å²) in [5, 5.41) is 14.0. The van der Waals surface area contributed by atoms with Crippen LogP contribution in [0.5, 0.6) is 0 Å². The molecule has 1 N–H and O–H groups in total. The van der Waals surface area contributed by atoms with E-state index in [0.29, 0.717) is 22.1 Å². The fraction of sp³-hybridized carbons (Fsp3) is 0.571. The number of halogens is 3. The predicted octanol–water partition coefficient (Wildman–Crippen LogP) is 2.88. The summed E-state index contributed by atoms with van der Waals surface area (Å²) in [7, 11) is -5.29. The minimum atomic E-state index is -5.29. The molecule has 0 bridgehead atoms. The van der Waals surface area contributed by atoms with Gasteiger partial charge in [-0.05, 0) is 31.2 Å². The molecule has 11 heteroatoms. The van der Waals surface area contributed by atoms with Gasteiger partial charge in [0.25, 0.3) is 5.69 Å². The second-order valence-electron chi connectivity index (χ2n) is 5.90. The highest BCUT2D eigenvalue weighted by molar-refractivity contribution is 7.90. The summed E-state index contributed by atoms with van der Waals surface area (Å²) in [6.45, 7) is 1.60. The lowest BCUT2D eigenvalue weighted by Gasteiger charge is -2.31. The van der Waals surface area contributed by atoms with Gasteiger partial charge in [-0.2, -0.15) is 17.5 Å². The molecule has 1 aliphatic heterocycles. The third kappa shape index (κ3) is 4.21. The van der Waals surface area contributed by atoms with Gasteiger partial charge in [0.1, 0.15) is 5.69 Å². The van der Waals surface area contributed by atoms with Crippen LogP contribution in [0.15, 0.2) is 18.2 Å². The van der Waals surface area contributed by atoms with Crippen molar-refractivity contribution in [2.75, 3.05) is 25.0 Å². The number of nitrogens with one attached hydrogen (secondary N) is 1. The summed E-state index contributed by atoms with van der Waals surface area (Å²) in [5.41, 5.74) is -4.30. The van der Waals surface area contributed by atoms with Gasteiger partial charge in [0.2, 0.25) is 0 Å². The van der Waals surface area contributed by atoms with Gasteiger partial charge in [0.05, 0.1) is 4.92 Å². The molecule has 0 saturated carbocycles. The van der Waals surface area contributed by atoms with E-state index in [2.05, 4.69) is 5.32 Å². The van der Waals surface area contributed by atoms with Crippen LogP contribution < -0.4 is 5.32 Å². The lowest BCUT2D eigenvalue weighted by Crippen LogP contribution is -2.45. The van der Waals surface area contributed by atoms with Crippen molar-refractivity contribution in [2.45, 2.75) is 25.3 Å². The zero-order valence-electron chi connectivity index (χ0n) is 13.4. The molecule has 1 heterocycles. The maximum atomic E-state index is 12.5. The van der Waals surface area contributed by atoms with Gasteiger partial charge in [-0.25, -0.2) is 8.42 Å². The predicted molar refractivity (Wildman–Crippen MR) is 85.6 cm³/mol. The SMILES string of the molecule is Cc1cccc([N+](=O)[O-])c1NCC1CCN(S(=O)(=O)C(F)(F)F)CC1. The zero-order valence-corrected chi connectivity index (χ0v) is 14.2. The summed E-state index contributed by atoms with van der Waals surface area (Å²) in [6.07, 6.45) is 0.504. The minimum absolute atomic E-state index is 0.0705. The van der Waals surface area contributed by atoms with Crippen LogP contribution in [0.25, 0.3) is 0 Å². The van der Waals surface area contributed by atoms with Crippen molar-refractivity contribution in [1.29, 1.82) is 0 Å². The lowest BCUT2D eigenvalue weighted by molar-refractivity contribution is -0.384. The van der Waals surface area contributed by atoms with E-state index in [9.17, 15) is 31.7 Å². The van der Waals surface area contributed by atoms with Crippen LogP contribution in [-0.4, -0.2) is 42.8 Å². The number of sulfonamides is 1. The van der Waals surface area contributed by atoms with Crippen molar-refractivity contribution < 1.29 is 26.5 Å². The molecule has 1 fully saturated rings. The van der Waals surface area contributed by atoms with Crippen LogP contribution in [0, 0.1) is 23.0 Å². The molecule has 0 spiro atoms. The molecule has 1 saturated heterocycles. The van der Waals surface area contributed by atoms with E-state index in [4.69, 9.17) is 0 Å². The largest absolute Gasteiger partial charge is 0.511 e. The van der Waals surface area contributed by atoms with Gasteiger partial charge in [0, 0.05) is 25.7 Å². The van der Waals surface area contributed by atoms with Crippen molar-refractivity contribution in [2.24, 2.45) is 5.92 Å². The third-order valence-corrected chi connectivity index (χ3v) is 5.85. The molecule has 2 rings (SSSR count). The summed E-state index contributed by atoms with van der Waals surface area (Å²) in [4.78, 5) is 10.6. The summed E-state index contributed by atoms with van der Waals surface area (Å²) >= 11 is 0. The molecule has 1 aromatic carbocycles. The monoisotopic (exact) mass is 381 g/mol. The Hall–Kier alpha value is -1.88. The van der Waals surface area contributed by atoms with Gasteiger partial charge in [-0.15, -0.1) is 0 Å². The molecule has 25 heavy (non-hydrogen) atoms. The van der Waals surface area contributed by atoms with E-state index in [-0.39, 0.29) is 37.5 Å². The zero-order chi connectivity index (χ0) is 18.8. The molecule has 0 aliphatic carbocycles. The van der Waals surface area contributed by atoms with Crippen molar-refractivity contribution in [1.82, 2.24) is 4.31 Å². The molecule has 0 radical (unpaired) electrons. The first kappa shape index (κ1) is 19.4. The molecule has 7 nitrogen and oxygen atoms in total. The Bertz CT molecular complexity index is 744. The van der Waals surface area contributed by atoms with Crippen LogP contribution in [0.1, 0.15) is 18.4 Å². The lowest BCUT2D eigenvalue weighted by atomic mass is 9.98.